The summed E-state index contributed by atoms with van der Waals surface area (Å²) in [6.07, 6.45) is 2.36. The van der Waals surface area contributed by atoms with Crippen LogP contribution in [0, 0.1) is 12.8 Å². The van der Waals surface area contributed by atoms with E-state index in [9.17, 15) is 18.0 Å². The highest BCUT2D eigenvalue weighted by Gasteiger charge is 2.26. The van der Waals surface area contributed by atoms with E-state index in [1.807, 2.05) is 6.92 Å². The van der Waals surface area contributed by atoms with Crippen molar-refractivity contribution in [3.63, 3.8) is 0 Å². The largest absolute Gasteiger partial charge is 0.481 e. The first-order valence-corrected chi connectivity index (χ1v) is 10.1. The first-order chi connectivity index (χ1) is 12.3. The van der Waals surface area contributed by atoms with Crippen LogP contribution in [0.15, 0.2) is 29.2 Å². The molecule has 1 saturated carbocycles. The minimum atomic E-state index is -3.59. The van der Waals surface area contributed by atoms with E-state index in [1.54, 1.807) is 12.1 Å². The van der Waals surface area contributed by atoms with Crippen molar-refractivity contribution in [1.29, 1.82) is 0 Å². The van der Waals surface area contributed by atoms with Crippen molar-refractivity contribution in [3.8, 4) is 0 Å². The lowest BCUT2D eigenvalue weighted by atomic mass is 9.86. The van der Waals surface area contributed by atoms with Gasteiger partial charge < -0.3 is 15.7 Å². The first kappa shape index (κ1) is 20.2. The van der Waals surface area contributed by atoms with Gasteiger partial charge in [-0.3, -0.25) is 4.79 Å². The lowest BCUT2D eigenvalue weighted by Crippen LogP contribution is -2.46. The molecule has 1 aliphatic carbocycles. The number of carbonyl (C=O) groups excluding carboxylic acids is 1. The molecule has 1 fully saturated rings. The zero-order valence-corrected chi connectivity index (χ0v) is 15.5. The molecule has 0 aromatic heterocycles. The van der Waals surface area contributed by atoms with Gasteiger partial charge in [-0.2, -0.15) is 0 Å². The molecule has 0 aliphatic heterocycles. The Balaban J connectivity index is 1.67. The zero-order chi connectivity index (χ0) is 19.2. The van der Waals surface area contributed by atoms with E-state index in [1.165, 1.54) is 12.1 Å². The van der Waals surface area contributed by atoms with Gasteiger partial charge >= 0.3 is 12.0 Å². The number of carboxylic acids is 1. The normalized spacial score (nSPS) is 20.3. The van der Waals surface area contributed by atoms with Crippen LogP contribution in [0.25, 0.3) is 0 Å². The van der Waals surface area contributed by atoms with Crippen molar-refractivity contribution in [2.45, 2.75) is 43.5 Å². The first-order valence-electron chi connectivity index (χ1n) is 8.61. The molecule has 0 atom stereocenters. The topological polar surface area (TPSA) is 125 Å². The molecule has 0 bridgehead atoms. The Bertz CT molecular complexity index is 725. The minimum absolute atomic E-state index is 0.0464. The van der Waals surface area contributed by atoms with Gasteiger partial charge in [0, 0.05) is 19.1 Å². The zero-order valence-electron chi connectivity index (χ0n) is 14.7. The molecule has 1 aromatic carbocycles. The number of urea groups is 1. The summed E-state index contributed by atoms with van der Waals surface area (Å²) in [6.45, 7) is 2.11. The molecule has 4 N–H and O–H groups in total. The number of rotatable bonds is 7. The maximum absolute atomic E-state index is 12.1. The van der Waals surface area contributed by atoms with Crippen molar-refractivity contribution in [2.75, 3.05) is 13.1 Å². The van der Waals surface area contributed by atoms with E-state index in [4.69, 9.17) is 5.11 Å². The van der Waals surface area contributed by atoms with Crippen LogP contribution in [-0.4, -0.2) is 44.7 Å². The van der Waals surface area contributed by atoms with Crippen LogP contribution < -0.4 is 15.4 Å². The standard InChI is InChI=1S/C17H25N3O5S/c1-12-2-8-15(9-3-12)26(24,25)19-11-10-18-17(23)20-14-6-4-13(5-7-14)16(21)22/h2-3,8-9,13-14,19H,4-7,10-11H2,1H3,(H,21,22)(H2,18,20,23). The maximum atomic E-state index is 12.1. The number of carbonyl (C=O) groups is 2. The molecule has 9 heteroatoms. The van der Waals surface area contributed by atoms with Crippen LogP contribution in [-0.2, 0) is 14.8 Å². The van der Waals surface area contributed by atoms with Crippen molar-refractivity contribution in [1.82, 2.24) is 15.4 Å². The van der Waals surface area contributed by atoms with Gasteiger partial charge in [0.2, 0.25) is 10.0 Å². The molecule has 0 spiro atoms. The molecular formula is C17H25N3O5S. The van der Waals surface area contributed by atoms with Gasteiger partial charge in [0.1, 0.15) is 0 Å². The minimum Gasteiger partial charge on any atom is -0.481 e. The van der Waals surface area contributed by atoms with E-state index in [-0.39, 0.29) is 36.0 Å². The van der Waals surface area contributed by atoms with Gasteiger partial charge in [-0.1, -0.05) is 17.7 Å². The molecule has 8 nitrogen and oxygen atoms in total. The SMILES string of the molecule is Cc1ccc(S(=O)(=O)NCCNC(=O)NC2CCC(C(=O)O)CC2)cc1. The highest BCUT2D eigenvalue weighted by atomic mass is 32.2. The van der Waals surface area contributed by atoms with Crippen LogP contribution in [0.1, 0.15) is 31.2 Å². The van der Waals surface area contributed by atoms with E-state index in [0.29, 0.717) is 25.7 Å². The molecule has 0 saturated heterocycles. The van der Waals surface area contributed by atoms with Crippen molar-refractivity contribution >= 4 is 22.0 Å². The van der Waals surface area contributed by atoms with E-state index >= 15 is 0 Å². The number of carboxylic acid groups (broad SMARTS) is 1. The van der Waals surface area contributed by atoms with Crippen LogP contribution in [0.5, 0.6) is 0 Å². The molecule has 0 unspecified atom stereocenters. The molecule has 26 heavy (non-hydrogen) atoms. The third kappa shape index (κ3) is 5.99. The summed E-state index contributed by atoms with van der Waals surface area (Å²) in [5.41, 5.74) is 0.972. The number of sulfonamides is 1. The van der Waals surface area contributed by atoms with E-state index < -0.39 is 16.0 Å². The number of hydrogen-bond donors (Lipinski definition) is 4. The Kier molecular flexibility index (Phi) is 6.98. The third-order valence-corrected chi connectivity index (χ3v) is 5.92. The predicted octanol–water partition coefficient (Wildman–Crippen LogP) is 1.22. The monoisotopic (exact) mass is 383 g/mol. The summed E-state index contributed by atoms with van der Waals surface area (Å²) in [5.74, 6) is -1.11. The van der Waals surface area contributed by atoms with Gasteiger partial charge in [-0.05, 0) is 44.7 Å². The highest BCUT2D eigenvalue weighted by molar-refractivity contribution is 7.89. The van der Waals surface area contributed by atoms with Crippen molar-refractivity contribution < 1.29 is 23.1 Å². The molecular weight excluding hydrogens is 358 g/mol. The van der Waals surface area contributed by atoms with Crippen LogP contribution in [0.3, 0.4) is 0 Å². The summed E-state index contributed by atoms with van der Waals surface area (Å²) in [4.78, 5) is 22.9. The Hall–Kier alpha value is -2.13. The Morgan fingerprint density at radius 2 is 1.69 bits per heavy atom. The van der Waals surface area contributed by atoms with Gasteiger partial charge in [0.05, 0.1) is 10.8 Å². The molecule has 0 radical (unpaired) electrons. The molecule has 1 aliphatic rings. The van der Waals surface area contributed by atoms with Crippen molar-refractivity contribution in [2.24, 2.45) is 5.92 Å². The summed E-state index contributed by atoms with van der Waals surface area (Å²) in [6, 6.07) is 6.09. The smallest absolute Gasteiger partial charge is 0.315 e. The number of amides is 2. The lowest BCUT2D eigenvalue weighted by Gasteiger charge is -2.26. The quantitative estimate of drug-likeness (QED) is 0.527. The van der Waals surface area contributed by atoms with Gasteiger partial charge in [-0.15, -0.1) is 0 Å². The fraction of sp³-hybridized carbons (Fsp3) is 0.529. The second kappa shape index (κ2) is 9.00. The average Bonchev–Trinajstić information content (AvgIpc) is 2.59. The second-order valence-corrected chi connectivity index (χ2v) is 8.26. The second-order valence-electron chi connectivity index (χ2n) is 6.50. The molecule has 1 aromatic rings. The molecule has 2 amide bonds. The highest BCUT2D eigenvalue weighted by Crippen LogP contribution is 2.24. The summed E-state index contributed by atoms with van der Waals surface area (Å²) >= 11 is 0. The Morgan fingerprint density at radius 3 is 2.27 bits per heavy atom. The number of nitrogens with one attached hydrogen (secondary N) is 3. The summed E-state index contributed by atoms with van der Waals surface area (Å²) in [5, 5.41) is 14.4. The average molecular weight is 383 g/mol. The Labute approximate surface area is 153 Å². The molecule has 0 heterocycles. The third-order valence-electron chi connectivity index (χ3n) is 4.45. The van der Waals surface area contributed by atoms with Crippen molar-refractivity contribution in [3.05, 3.63) is 29.8 Å². The van der Waals surface area contributed by atoms with E-state index in [0.717, 1.165) is 5.56 Å². The van der Waals surface area contributed by atoms with Crippen LogP contribution >= 0.6 is 0 Å². The maximum Gasteiger partial charge on any atom is 0.315 e. The predicted molar refractivity (Wildman–Crippen MR) is 96.3 cm³/mol. The number of benzene rings is 1. The number of aryl methyl sites for hydroxylation is 1. The van der Waals surface area contributed by atoms with Gasteiger partial charge in [-0.25, -0.2) is 17.9 Å². The molecule has 2 rings (SSSR count). The lowest BCUT2D eigenvalue weighted by molar-refractivity contribution is -0.142. The Morgan fingerprint density at radius 1 is 1.08 bits per heavy atom. The van der Waals surface area contributed by atoms with Gasteiger partial charge in [0.15, 0.2) is 0 Å². The fourth-order valence-corrected chi connectivity index (χ4v) is 3.92. The number of hydrogen-bond acceptors (Lipinski definition) is 4. The van der Waals surface area contributed by atoms with Gasteiger partial charge in [0.25, 0.3) is 0 Å². The summed E-state index contributed by atoms with van der Waals surface area (Å²) in [7, 11) is -3.59. The molecule has 144 valence electrons. The summed E-state index contributed by atoms with van der Waals surface area (Å²) < 4.78 is 26.6. The van der Waals surface area contributed by atoms with E-state index in [2.05, 4.69) is 15.4 Å². The van der Waals surface area contributed by atoms with Crippen LogP contribution in [0.2, 0.25) is 0 Å². The fourth-order valence-electron chi connectivity index (χ4n) is 2.88. The van der Waals surface area contributed by atoms with Crippen LogP contribution in [0.4, 0.5) is 4.79 Å². The number of aliphatic carboxylic acids is 1.